The molecule has 0 radical (unpaired) electrons. The molecule has 0 aromatic heterocycles. The van der Waals surface area contributed by atoms with Gasteiger partial charge in [-0.15, -0.1) is 0 Å². The number of carbonyl (C=O) groups excluding carboxylic acids is 1. The molecule has 1 aliphatic heterocycles. The van der Waals surface area contributed by atoms with Gasteiger partial charge < -0.3 is 4.90 Å². The van der Waals surface area contributed by atoms with Crippen molar-refractivity contribution in [3.63, 3.8) is 0 Å². The molecular formula is C13H13FINO. The Balaban J connectivity index is 2.22. The second kappa shape index (κ2) is 5.16. The Bertz CT molecular complexity index is 484. The van der Waals surface area contributed by atoms with Gasteiger partial charge in [0.15, 0.2) is 0 Å². The second-order valence-corrected chi connectivity index (χ2v) is 5.35. The van der Waals surface area contributed by atoms with Crippen molar-refractivity contribution in [2.45, 2.75) is 13.3 Å². The lowest BCUT2D eigenvalue weighted by atomic mass is 10.1. The van der Waals surface area contributed by atoms with E-state index in [1.54, 1.807) is 6.07 Å². The van der Waals surface area contributed by atoms with E-state index in [1.807, 2.05) is 34.4 Å². The van der Waals surface area contributed by atoms with E-state index in [0.717, 1.165) is 13.0 Å². The third kappa shape index (κ3) is 2.86. The summed E-state index contributed by atoms with van der Waals surface area (Å²) in [6.45, 7) is 3.44. The Hall–Kier alpha value is -0.910. The van der Waals surface area contributed by atoms with Crippen LogP contribution in [0.2, 0.25) is 0 Å². The van der Waals surface area contributed by atoms with Crippen LogP contribution in [0.1, 0.15) is 23.7 Å². The highest BCUT2D eigenvalue weighted by Crippen LogP contribution is 2.18. The van der Waals surface area contributed by atoms with Crippen LogP contribution in [0.15, 0.2) is 29.8 Å². The molecule has 17 heavy (non-hydrogen) atoms. The zero-order chi connectivity index (χ0) is 12.4. The van der Waals surface area contributed by atoms with Crippen LogP contribution in [0.4, 0.5) is 4.39 Å². The first-order valence-corrected chi connectivity index (χ1v) is 6.56. The third-order valence-electron chi connectivity index (χ3n) is 2.78. The van der Waals surface area contributed by atoms with E-state index in [4.69, 9.17) is 0 Å². The summed E-state index contributed by atoms with van der Waals surface area (Å²) in [6, 6.07) is 4.29. The van der Waals surface area contributed by atoms with Gasteiger partial charge in [0.2, 0.25) is 0 Å². The fraction of sp³-hybridized carbons (Fsp3) is 0.308. The first-order chi connectivity index (χ1) is 8.08. The zero-order valence-corrected chi connectivity index (χ0v) is 11.7. The molecule has 0 atom stereocenters. The van der Waals surface area contributed by atoms with Gasteiger partial charge in [-0.1, -0.05) is 11.6 Å². The van der Waals surface area contributed by atoms with Gasteiger partial charge in [0, 0.05) is 16.7 Å². The lowest BCUT2D eigenvalue weighted by molar-refractivity contribution is 0.0765. The largest absolute Gasteiger partial charge is 0.334 e. The highest BCUT2D eigenvalue weighted by Gasteiger charge is 2.20. The van der Waals surface area contributed by atoms with Gasteiger partial charge in [0.05, 0.1) is 5.56 Å². The van der Waals surface area contributed by atoms with E-state index in [2.05, 4.69) is 6.08 Å². The van der Waals surface area contributed by atoms with Crippen LogP contribution in [0.3, 0.4) is 0 Å². The summed E-state index contributed by atoms with van der Waals surface area (Å²) in [5, 5.41) is 0. The Kier molecular flexibility index (Phi) is 3.81. The van der Waals surface area contributed by atoms with Gasteiger partial charge in [-0.3, -0.25) is 4.79 Å². The Morgan fingerprint density at radius 1 is 1.47 bits per heavy atom. The molecule has 90 valence electrons. The third-order valence-corrected chi connectivity index (χ3v) is 3.67. The molecule has 0 saturated carbocycles. The molecule has 1 heterocycles. The van der Waals surface area contributed by atoms with Gasteiger partial charge in [-0.25, -0.2) is 4.39 Å². The van der Waals surface area contributed by atoms with Crippen LogP contribution < -0.4 is 0 Å². The normalized spacial score (nSPS) is 15.7. The standard InChI is InChI=1S/C13H13FINO/c1-9-3-2-6-16(8-9)13(17)11-5-4-10(14)7-12(11)15/h3-5,7H,2,6,8H2,1H3. The minimum Gasteiger partial charge on any atom is -0.334 e. The summed E-state index contributed by atoms with van der Waals surface area (Å²) in [5.74, 6) is -0.317. The quantitative estimate of drug-likeness (QED) is 0.565. The molecule has 0 aliphatic carbocycles. The van der Waals surface area contributed by atoms with Gasteiger partial charge in [-0.05, 0) is 54.1 Å². The SMILES string of the molecule is CC1=CCCN(C(=O)c2ccc(F)cc2I)C1. The molecule has 0 spiro atoms. The lowest BCUT2D eigenvalue weighted by Crippen LogP contribution is -2.35. The Morgan fingerprint density at radius 3 is 2.88 bits per heavy atom. The average molecular weight is 345 g/mol. The van der Waals surface area contributed by atoms with Crippen molar-refractivity contribution in [1.29, 1.82) is 0 Å². The van der Waals surface area contributed by atoms with Gasteiger partial charge in [0.25, 0.3) is 5.91 Å². The van der Waals surface area contributed by atoms with Crippen molar-refractivity contribution < 1.29 is 9.18 Å². The molecule has 1 amide bonds. The fourth-order valence-electron chi connectivity index (χ4n) is 1.92. The number of nitrogens with zero attached hydrogens (tertiary/aromatic N) is 1. The van der Waals surface area contributed by atoms with Gasteiger partial charge in [-0.2, -0.15) is 0 Å². The number of hydrogen-bond acceptors (Lipinski definition) is 1. The summed E-state index contributed by atoms with van der Waals surface area (Å²) in [4.78, 5) is 14.1. The predicted octanol–water partition coefficient (Wildman–Crippen LogP) is 3.22. The molecule has 0 fully saturated rings. The topological polar surface area (TPSA) is 20.3 Å². The summed E-state index contributed by atoms with van der Waals surface area (Å²) in [5.41, 5.74) is 1.79. The summed E-state index contributed by atoms with van der Waals surface area (Å²) >= 11 is 2.00. The molecule has 2 rings (SSSR count). The highest BCUT2D eigenvalue weighted by molar-refractivity contribution is 14.1. The van der Waals surface area contributed by atoms with Crippen molar-refractivity contribution in [2.24, 2.45) is 0 Å². The Labute approximate surface area is 114 Å². The van der Waals surface area contributed by atoms with Crippen LogP contribution in [0.5, 0.6) is 0 Å². The lowest BCUT2D eigenvalue weighted by Gasteiger charge is -2.26. The minimum absolute atomic E-state index is 0.0122. The van der Waals surface area contributed by atoms with Crippen molar-refractivity contribution in [2.75, 3.05) is 13.1 Å². The smallest absolute Gasteiger partial charge is 0.255 e. The number of benzene rings is 1. The number of halogens is 2. The molecule has 4 heteroatoms. The molecule has 1 aliphatic rings. The molecule has 2 nitrogen and oxygen atoms in total. The maximum Gasteiger partial charge on any atom is 0.255 e. The van der Waals surface area contributed by atoms with Crippen LogP contribution in [0.25, 0.3) is 0 Å². The maximum absolute atomic E-state index is 13.0. The van der Waals surface area contributed by atoms with E-state index in [9.17, 15) is 9.18 Å². The van der Waals surface area contributed by atoms with E-state index in [-0.39, 0.29) is 11.7 Å². The zero-order valence-electron chi connectivity index (χ0n) is 9.54. The van der Waals surface area contributed by atoms with Gasteiger partial charge in [0.1, 0.15) is 5.82 Å². The number of carbonyl (C=O) groups is 1. The van der Waals surface area contributed by atoms with Crippen molar-refractivity contribution in [1.82, 2.24) is 4.90 Å². The van der Waals surface area contributed by atoms with Gasteiger partial charge >= 0.3 is 0 Å². The maximum atomic E-state index is 13.0. The van der Waals surface area contributed by atoms with Crippen molar-refractivity contribution in [3.05, 3.63) is 44.8 Å². The van der Waals surface area contributed by atoms with E-state index in [1.165, 1.54) is 17.7 Å². The predicted molar refractivity (Wildman–Crippen MR) is 73.4 cm³/mol. The van der Waals surface area contributed by atoms with Crippen LogP contribution in [-0.4, -0.2) is 23.9 Å². The summed E-state index contributed by atoms with van der Waals surface area (Å²) in [7, 11) is 0. The van der Waals surface area contributed by atoms with Crippen LogP contribution in [-0.2, 0) is 0 Å². The first kappa shape index (κ1) is 12.5. The molecule has 1 aromatic carbocycles. The van der Waals surface area contributed by atoms with Crippen LogP contribution >= 0.6 is 22.6 Å². The fourth-order valence-corrected chi connectivity index (χ4v) is 2.63. The molecule has 0 bridgehead atoms. The van der Waals surface area contributed by atoms with E-state index < -0.39 is 0 Å². The molecule has 0 N–H and O–H groups in total. The number of rotatable bonds is 1. The van der Waals surface area contributed by atoms with E-state index >= 15 is 0 Å². The average Bonchev–Trinajstić information content (AvgIpc) is 2.28. The summed E-state index contributed by atoms with van der Waals surface area (Å²) in [6.07, 6.45) is 3.05. The van der Waals surface area contributed by atoms with Crippen molar-refractivity contribution in [3.8, 4) is 0 Å². The monoisotopic (exact) mass is 345 g/mol. The number of hydrogen-bond donors (Lipinski definition) is 0. The Morgan fingerprint density at radius 2 is 2.24 bits per heavy atom. The molecule has 1 aromatic rings. The second-order valence-electron chi connectivity index (χ2n) is 4.19. The molecule has 0 unspecified atom stereocenters. The van der Waals surface area contributed by atoms with Crippen LogP contribution in [0, 0.1) is 9.39 Å². The molecule has 0 saturated heterocycles. The van der Waals surface area contributed by atoms with E-state index in [0.29, 0.717) is 15.7 Å². The van der Waals surface area contributed by atoms with Crippen molar-refractivity contribution >= 4 is 28.5 Å². The molecular weight excluding hydrogens is 332 g/mol. The first-order valence-electron chi connectivity index (χ1n) is 5.48. The summed E-state index contributed by atoms with van der Waals surface area (Å²) < 4.78 is 13.6. The minimum atomic E-state index is -0.305. The highest BCUT2D eigenvalue weighted by atomic mass is 127. The number of amides is 1.